The molecule has 0 bridgehead atoms. The van der Waals surface area contributed by atoms with E-state index in [1.165, 1.54) is 11.1 Å². The molecule has 1 fully saturated rings. The molecule has 0 aromatic heterocycles. The lowest BCUT2D eigenvalue weighted by molar-refractivity contribution is -0.918. The smallest absolute Gasteiger partial charge is 0.103 e. The summed E-state index contributed by atoms with van der Waals surface area (Å²) in [7, 11) is 0. The summed E-state index contributed by atoms with van der Waals surface area (Å²) in [6.07, 6.45) is 0. The van der Waals surface area contributed by atoms with Gasteiger partial charge in [0.25, 0.3) is 0 Å². The van der Waals surface area contributed by atoms with Crippen molar-refractivity contribution in [3.63, 3.8) is 0 Å². The summed E-state index contributed by atoms with van der Waals surface area (Å²) in [6, 6.07) is 16.5. The molecular formula is C19H22BrClN3+. The highest BCUT2D eigenvalue weighted by atomic mass is 79.9. The first-order chi connectivity index (χ1) is 11.6. The minimum atomic E-state index is 0.802. The molecule has 1 saturated heterocycles. The molecule has 1 aliphatic rings. The predicted octanol–water partition coefficient (Wildman–Crippen LogP) is 3.23. The third-order valence-electron chi connectivity index (χ3n) is 4.35. The van der Waals surface area contributed by atoms with Crippen LogP contribution in [-0.4, -0.2) is 36.9 Å². The molecular weight excluding hydrogens is 386 g/mol. The maximum absolute atomic E-state index is 5.95. The summed E-state index contributed by atoms with van der Waals surface area (Å²) in [5.74, 6) is 0. The zero-order valence-corrected chi connectivity index (χ0v) is 16.1. The van der Waals surface area contributed by atoms with E-state index in [2.05, 4.69) is 52.1 Å². The van der Waals surface area contributed by atoms with Crippen LogP contribution in [0.3, 0.4) is 0 Å². The van der Waals surface area contributed by atoms with Crippen molar-refractivity contribution >= 4 is 33.2 Å². The Morgan fingerprint density at radius 2 is 1.88 bits per heavy atom. The highest BCUT2D eigenvalue weighted by Crippen LogP contribution is 2.13. The van der Waals surface area contributed by atoms with E-state index in [4.69, 9.17) is 16.7 Å². The summed E-state index contributed by atoms with van der Waals surface area (Å²) in [5, 5.41) is 7.80. The molecule has 1 heterocycles. The van der Waals surface area contributed by atoms with Crippen molar-refractivity contribution in [2.45, 2.75) is 13.5 Å². The second kappa shape index (κ2) is 8.15. The number of halogens is 2. The van der Waals surface area contributed by atoms with Crippen LogP contribution in [0.25, 0.3) is 0 Å². The highest BCUT2D eigenvalue weighted by Gasteiger charge is 2.19. The lowest BCUT2D eigenvalue weighted by atomic mass is 10.1. The number of rotatable bonds is 4. The van der Waals surface area contributed by atoms with Crippen molar-refractivity contribution in [2.24, 2.45) is 5.10 Å². The summed E-state index contributed by atoms with van der Waals surface area (Å²) in [5.41, 5.74) is 3.58. The largest absolute Gasteiger partial charge is 0.328 e. The van der Waals surface area contributed by atoms with Crippen molar-refractivity contribution in [3.05, 3.63) is 69.2 Å². The van der Waals surface area contributed by atoms with Gasteiger partial charge in [-0.2, -0.15) is 5.10 Å². The molecule has 126 valence electrons. The Hall–Kier alpha value is -1.36. The molecule has 3 nitrogen and oxygen atoms in total. The van der Waals surface area contributed by atoms with E-state index in [1.54, 1.807) is 4.90 Å². The number of hydrazone groups is 1. The molecule has 0 atom stereocenters. The van der Waals surface area contributed by atoms with Crippen LogP contribution in [0, 0.1) is 0 Å². The minimum absolute atomic E-state index is 0.802. The first kappa shape index (κ1) is 17.5. The van der Waals surface area contributed by atoms with Gasteiger partial charge in [0.05, 0.1) is 31.9 Å². The van der Waals surface area contributed by atoms with E-state index in [9.17, 15) is 0 Å². The third-order valence-corrected chi connectivity index (χ3v) is 5.09. The topological polar surface area (TPSA) is 20.0 Å². The van der Waals surface area contributed by atoms with Crippen LogP contribution < -0.4 is 4.90 Å². The van der Waals surface area contributed by atoms with Gasteiger partial charge < -0.3 is 4.90 Å². The van der Waals surface area contributed by atoms with E-state index in [1.807, 2.05) is 24.3 Å². The predicted molar refractivity (Wildman–Crippen MR) is 104 cm³/mol. The van der Waals surface area contributed by atoms with Gasteiger partial charge in [0.2, 0.25) is 0 Å². The van der Waals surface area contributed by atoms with Crippen molar-refractivity contribution in [2.75, 3.05) is 26.2 Å². The Balaban J connectivity index is 1.55. The number of piperazine rings is 1. The Morgan fingerprint density at radius 1 is 1.17 bits per heavy atom. The van der Waals surface area contributed by atoms with Crippen LogP contribution in [0.5, 0.6) is 0 Å². The van der Waals surface area contributed by atoms with Gasteiger partial charge in [-0.05, 0) is 36.8 Å². The minimum Gasteiger partial charge on any atom is -0.328 e. The van der Waals surface area contributed by atoms with Crippen molar-refractivity contribution < 1.29 is 4.90 Å². The summed E-state index contributed by atoms with van der Waals surface area (Å²) < 4.78 is 1.09. The zero-order valence-electron chi connectivity index (χ0n) is 13.8. The monoisotopic (exact) mass is 406 g/mol. The number of nitrogens with one attached hydrogen (secondary N) is 1. The van der Waals surface area contributed by atoms with Crippen LogP contribution in [0.1, 0.15) is 18.1 Å². The Bertz CT molecular complexity index is 707. The summed E-state index contributed by atoms with van der Waals surface area (Å²) in [4.78, 5) is 1.60. The van der Waals surface area contributed by atoms with E-state index in [0.29, 0.717) is 0 Å². The molecule has 0 amide bonds. The fourth-order valence-electron chi connectivity index (χ4n) is 2.96. The van der Waals surface area contributed by atoms with Gasteiger partial charge in [0.1, 0.15) is 6.54 Å². The number of benzene rings is 2. The van der Waals surface area contributed by atoms with Crippen molar-refractivity contribution in [3.8, 4) is 0 Å². The van der Waals surface area contributed by atoms with Gasteiger partial charge in [-0.3, -0.25) is 5.01 Å². The van der Waals surface area contributed by atoms with E-state index in [0.717, 1.165) is 47.9 Å². The van der Waals surface area contributed by atoms with Gasteiger partial charge in [0, 0.05) is 15.1 Å². The van der Waals surface area contributed by atoms with Crippen LogP contribution in [0.15, 0.2) is 58.1 Å². The maximum Gasteiger partial charge on any atom is 0.103 e. The average molecular weight is 408 g/mol. The average Bonchev–Trinajstić information content (AvgIpc) is 2.59. The number of quaternary nitrogens is 1. The number of hydrogen-bond acceptors (Lipinski definition) is 2. The van der Waals surface area contributed by atoms with E-state index >= 15 is 0 Å². The SMILES string of the molecule is C/C(=N\N1CC[NH+](Cc2ccc(Cl)cc2)CC1)c1cccc(Br)c1. The first-order valence-corrected chi connectivity index (χ1v) is 9.41. The maximum atomic E-state index is 5.95. The molecule has 0 unspecified atom stereocenters. The Labute approximate surface area is 157 Å². The van der Waals surface area contributed by atoms with E-state index < -0.39 is 0 Å². The van der Waals surface area contributed by atoms with Gasteiger partial charge in [-0.1, -0.05) is 51.8 Å². The van der Waals surface area contributed by atoms with Crippen LogP contribution in [-0.2, 0) is 6.54 Å². The third kappa shape index (κ3) is 4.82. The lowest BCUT2D eigenvalue weighted by Gasteiger charge is -2.31. The molecule has 1 N–H and O–H groups in total. The molecule has 24 heavy (non-hydrogen) atoms. The van der Waals surface area contributed by atoms with Gasteiger partial charge in [-0.25, -0.2) is 0 Å². The first-order valence-electron chi connectivity index (χ1n) is 8.24. The fourth-order valence-corrected chi connectivity index (χ4v) is 3.49. The fraction of sp³-hybridized carbons (Fsp3) is 0.316. The van der Waals surface area contributed by atoms with Crippen LogP contribution in [0.4, 0.5) is 0 Å². The Morgan fingerprint density at radius 3 is 2.54 bits per heavy atom. The quantitative estimate of drug-likeness (QED) is 0.772. The standard InChI is InChI=1S/C19H21BrClN3/c1-15(17-3-2-4-18(20)13-17)22-24-11-9-23(10-12-24)14-16-5-7-19(21)8-6-16/h2-8,13H,9-12,14H2,1H3/p+1/b22-15+. The van der Waals surface area contributed by atoms with Gasteiger partial charge in [0.15, 0.2) is 0 Å². The summed E-state index contributed by atoms with van der Waals surface area (Å²) >= 11 is 9.47. The molecule has 0 radical (unpaired) electrons. The molecule has 5 heteroatoms. The van der Waals surface area contributed by atoms with Crippen molar-refractivity contribution in [1.82, 2.24) is 5.01 Å². The van der Waals surface area contributed by atoms with Crippen LogP contribution >= 0.6 is 27.5 Å². The molecule has 0 saturated carbocycles. The van der Waals surface area contributed by atoms with E-state index in [-0.39, 0.29) is 0 Å². The molecule has 0 aliphatic carbocycles. The van der Waals surface area contributed by atoms with Gasteiger partial charge in [-0.15, -0.1) is 0 Å². The molecule has 2 aromatic carbocycles. The second-order valence-corrected chi connectivity index (χ2v) is 7.55. The second-order valence-electron chi connectivity index (χ2n) is 6.20. The molecule has 1 aliphatic heterocycles. The lowest BCUT2D eigenvalue weighted by Crippen LogP contribution is -3.13. The molecule has 3 rings (SSSR count). The molecule has 2 aromatic rings. The molecule has 0 spiro atoms. The zero-order chi connectivity index (χ0) is 16.9. The normalized spacial score (nSPS) is 16.5. The highest BCUT2D eigenvalue weighted by molar-refractivity contribution is 9.10. The van der Waals surface area contributed by atoms with Crippen LogP contribution in [0.2, 0.25) is 5.02 Å². The Kier molecular flexibility index (Phi) is 5.93. The van der Waals surface area contributed by atoms with Crippen molar-refractivity contribution in [1.29, 1.82) is 0 Å². The number of hydrogen-bond donors (Lipinski definition) is 1. The number of nitrogens with zero attached hydrogens (tertiary/aromatic N) is 2. The van der Waals surface area contributed by atoms with Gasteiger partial charge >= 0.3 is 0 Å². The summed E-state index contributed by atoms with van der Waals surface area (Å²) in [6.45, 7) is 7.34.